The zero-order valence-corrected chi connectivity index (χ0v) is 14.9. The molecular weight excluding hydrogens is 373 g/mol. The number of nitrogens with one attached hydrogen (secondary N) is 2. The molecule has 2 N–H and O–H groups in total. The van der Waals surface area contributed by atoms with Gasteiger partial charge in [0.15, 0.2) is 0 Å². The van der Waals surface area contributed by atoms with Crippen LogP contribution in [0.2, 0.25) is 0 Å². The van der Waals surface area contributed by atoms with E-state index in [-0.39, 0.29) is 5.91 Å². The molecule has 0 aliphatic heterocycles. The molecule has 0 atom stereocenters. The van der Waals surface area contributed by atoms with E-state index in [1.807, 2.05) is 0 Å². The van der Waals surface area contributed by atoms with Crippen molar-refractivity contribution < 1.29 is 18.0 Å². The van der Waals surface area contributed by atoms with Crippen molar-refractivity contribution in [1.29, 1.82) is 0 Å². The van der Waals surface area contributed by atoms with Gasteiger partial charge >= 0.3 is 6.18 Å². The molecule has 10 heteroatoms. The number of anilines is 2. The second-order valence-corrected chi connectivity index (χ2v) is 5.94. The summed E-state index contributed by atoms with van der Waals surface area (Å²) >= 11 is 0. The van der Waals surface area contributed by atoms with Gasteiger partial charge in [0.25, 0.3) is 0 Å². The molecule has 3 aromatic rings. The average Bonchev–Trinajstić information content (AvgIpc) is 3.10. The summed E-state index contributed by atoms with van der Waals surface area (Å²) in [5.41, 5.74) is 1.06. The number of benzene rings is 2. The van der Waals surface area contributed by atoms with Crippen LogP contribution < -0.4 is 10.6 Å². The number of carbonyl (C=O) groups excluding carboxylic acids is 1. The summed E-state index contributed by atoms with van der Waals surface area (Å²) in [6, 6.07) is 11.9. The first kappa shape index (κ1) is 19.3. The van der Waals surface area contributed by atoms with Gasteiger partial charge in [-0.05, 0) is 41.6 Å². The number of nitrogens with zero attached hydrogens (tertiary/aromatic N) is 4. The number of rotatable bonds is 6. The van der Waals surface area contributed by atoms with Crippen LogP contribution in [0, 0.1) is 0 Å². The van der Waals surface area contributed by atoms with Crippen molar-refractivity contribution in [2.24, 2.45) is 0 Å². The minimum atomic E-state index is -4.38. The Kier molecular flexibility index (Phi) is 5.57. The summed E-state index contributed by atoms with van der Waals surface area (Å²) in [6.45, 7) is 2.15. The molecule has 1 heterocycles. The van der Waals surface area contributed by atoms with Gasteiger partial charge in [0.05, 0.1) is 12.1 Å². The third kappa shape index (κ3) is 4.84. The van der Waals surface area contributed by atoms with Crippen LogP contribution in [-0.4, -0.2) is 32.7 Å². The number of hydrogen-bond acceptors (Lipinski definition) is 5. The van der Waals surface area contributed by atoms with Gasteiger partial charge in [-0.2, -0.15) is 18.0 Å². The van der Waals surface area contributed by atoms with Gasteiger partial charge in [0.2, 0.25) is 11.7 Å². The Morgan fingerprint density at radius 3 is 2.50 bits per heavy atom. The van der Waals surface area contributed by atoms with E-state index in [4.69, 9.17) is 0 Å². The van der Waals surface area contributed by atoms with Gasteiger partial charge in [0.1, 0.15) is 0 Å². The van der Waals surface area contributed by atoms with E-state index >= 15 is 0 Å². The van der Waals surface area contributed by atoms with Crippen molar-refractivity contribution >= 4 is 17.3 Å². The molecule has 146 valence electrons. The topological polar surface area (TPSA) is 84.7 Å². The fourth-order valence-corrected chi connectivity index (χ4v) is 2.46. The fourth-order valence-electron chi connectivity index (χ4n) is 2.46. The fraction of sp³-hybridized carbons (Fsp3) is 0.222. The highest BCUT2D eigenvalue weighted by molar-refractivity contribution is 5.77. The van der Waals surface area contributed by atoms with Gasteiger partial charge in [-0.3, -0.25) is 4.79 Å². The van der Waals surface area contributed by atoms with Crippen molar-refractivity contribution in [3.05, 3.63) is 54.1 Å². The molecule has 7 nitrogen and oxygen atoms in total. The number of alkyl halides is 3. The van der Waals surface area contributed by atoms with Gasteiger partial charge < -0.3 is 10.6 Å². The van der Waals surface area contributed by atoms with Gasteiger partial charge in [0, 0.05) is 30.4 Å². The highest BCUT2D eigenvalue weighted by Gasteiger charge is 2.29. The Balaban J connectivity index is 1.76. The van der Waals surface area contributed by atoms with E-state index in [1.165, 1.54) is 23.9 Å². The van der Waals surface area contributed by atoms with Gasteiger partial charge in [-0.15, -0.1) is 10.2 Å². The lowest BCUT2D eigenvalue weighted by molar-refractivity contribution is -0.137. The largest absolute Gasteiger partial charge is 0.416 e. The second kappa shape index (κ2) is 8.07. The van der Waals surface area contributed by atoms with E-state index in [0.717, 1.165) is 12.1 Å². The Bertz CT molecular complexity index is 952. The first-order valence-electron chi connectivity index (χ1n) is 8.39. The molecule has 1 aromatic heterocycles. The van der Waals surface area contributed by atoms with E-state index in [2.05, 4.69) is 26.0 Å². The molecule has 0 radical (unpaired) electrons. The van der Waals surface area contributed by atoms with Crippen LogP contribution in [0.15, 0.2) is 48.5 Å². The maximum Gasteiger partial charge on any atom is 0.416 e. The summed E-state index contributed by atoms with van der Waals surface area (Å²) in [5, 5.41) is 18.0. The molecule has 1 amide bonds. The minimum absolute atomic E-state index is 0.147. The smallest absolute Gasteiger partial charge is 0.355 e. The zero-order valence-electron chi connectivity index (χ0n) is 14.9. The van der Waals surface area contributed by atoms with Gasteiger partial charge in [-0.25, -0.2) is 0 Å². The van der Waals surface area contributed by atoms with E-state index in [1.54, 1.807) is 24.3 Å². The van der Waals surface area contributed by atoms with Gasteiger partial charge in [-0.1, -0.05) is 12.1 Å². The molecule has 0 saturated carbocycles. The van der Waals surface area contributed by atoms with Crippen molar-refractivity contribution in [3.8, 4) is 11.4 Å². The predicted molar refractivity (Wildman–Crippen MR) is 96.7 cm³/mol. The van der Waals surface area contributed by atoms with E-state index in [0.29, 0.717) is 35.9 Å². The predicted octanol–water partition coefficient (Wildman–Crippen LogP) is 3.24. The number of hydrogen-bond donors (Lipinski definition) is 2. The molecule has 28 heavy (non-hydrogen) atoms. The van der Waals surface area contributed by atoms with E-state index < -0.39 is 11.7 Å². The van der Waals surface area contributed by atoms with E-state index in [9.17, 15) is 18.0 Å². The lowest BCUT2D eigenvalue weighted by atomic mass is 10.1. The van der Waals surface area contributed by atoms with Crippen LogP contribution in [0.5, 0.6) is 0 Å². The minimum Gasteiger partial charge on any atom is -0.355 e. The van der Waals surface area contributed by atoms with Crippen molar-refractivity contribution in [1.82, 2.24) is 25.5 Å². The standard InChI is InChI=1S/C18H17F3N6O/c1-12(28)22-10-11-27-25-17(24-26-27)15-4-2-3-5-16(15)23-14-8-6-13(7-9-14)18(19,20)21/h2-9,23H,10-11H2,1H3,(H,22,28). The molecular formula is C18H17F3N6O. The molecule has 3 rings (SSSR count). The Labute approximate surface area is 158 Å². The first-order valence-corrected chi connectivity index (χ1v) is 8.39. The lowest BCUT2D eigenvalue weighted by Crippen LogP contribution is -2.25. The molecule has 0 saturated heterocycles. The number of amides is 1. The van der Waals surface area contributed by atoms with Crippen LogP contribution in [0.3, 0.4) is 0 Å². The van der Waals surface area contributed by atoms with Crippen molar-refractivity contribution in [2.75, 3.05) is 11.9 Å². The quantitative estimate of drug-likeness (QED) is 0.675. The summed E-state index contributed by atoms with van der Waals surface area (Å²) in [6.07, 6.45) is -4.38. The first-order chi connectivity index (χ1) is 13.3. The zero-order chi connectivity index (χ0) is 20.1. The van der Waals surface area contributed by atoms with Crippen LogP contribution in [0.25, 0.3) is 11.4 Å². The summed E-state index contributed by atoms with van der Waals surface area (Å²) in [4.78, 5) is 12.3. The molecule has 0 unspecified atom stereocenters. The Morgan fingerprint density at radius 1 is 1.11 bits per heavy atom. The maximum absolute atomic E-state index is 12.7. The normalized spacial score (nSPS) is 11.3. The third-order valence-corrected chi connectivity index (χ3v) is 3.80. The third-order valence-electron chi connectivity index (χ3n) is 3.80. The Morgan fingerprint density at radius 2 is 1.82 bits per heavy atom. The molecule has 0 aliphatic carbocycles. The highest BCUT2D eigenvalue weighted by Crippen LogP contribution is 2.32. The number of para-hydroxylation sites is 1. The SMILES string of the molecule is CC(=O)NCCn1nnc(-c2ccccc2Nc2ccc(C(F)(F)F)cc2)n1. The van der Waals surface area contributed by atoms with Crippen LogP contribution in [-0.2, 0) is 17.5 Å². The van der Waals surface area contributed by atoms with Crippen molar-refractivity contribution in [2.45, 2.75) is 19.6 Å². The van der Waals surface area contributed by atoms with Crippen LogP contribution in [0.4, 0.5) is 24.5 Å². The molecule has 0 fully saturated rings. The number of carbonyl (C=O) groups is 1. The Hall–Kier alpha value is -3.43. The van der Waals surface area contributed by atoms with Crippen LogP contribution in [0.1, 0.15) is 12.5 Å². The number of halogens is 3. The summed E-state index contributed by atoms with van der Waals surface area (Å²) in [7, 11) is 0. The number of aromatic nitrogens is 4. The summed E-state index contributed by atoms with van der Waals surface area (Å²) < 4.78 is 38.1. The maximum atomic E-state index is 12.7. The molecule has 0 aliphatic rings. The highest BCUT2D eigenvalue weighted by atomic mass is 19.4. The van der Waals surface area contributed by atoms with Crippen LogP contribution >= 0.6 is 0 Å². The average molecular weight is 390 g/mol. The summed E-state index contributed by atoms with van der Waals surface area (Å²) in [5.74, 6) is 0.212. The molecule has 0 bridgehead atoms. The number of tetrazole rings is 1. The molecule has 0 spiro atoms. The lowest BCUT2D eigenvalue weighted by Gasteiger charge is -2.11. The second-order valence-electron chi connectivity index (χ2n) is 5.94. The van der Waals surface area contributed by atoms with Crippen molar-refractivity contribution in [3.63, 3.8) is 0 Å². The monoisotopic (exact) mass is 390 g/mol. The molecule has 2 aromatic carbocycles.